The molecule has 1 amide bonds. The number of thiazole rings is 1. The minimum Gasteiger partial charge on any atom is -0.381 e. The number of benzene rings is 2. The summed E-state index contributed by atoms with van der Waals surface area (Å²) in [5.74, 6) is 0.564. The SMILES string of the molecule is O=C(NC1CCOCC1)c1nc(CC2CCCCC2)c(-c2cn(Sc3ccccc3Cl)c3ccccc23)s1. The summed E-state index contributed by atoms with van der Waals surface area (Å²) in [7, 11) is 0. The number of fused-ring (bicyclic) bond motifs is 1. The van der Waals surface area contributed by atoms with E-state index in [1.807, 2.05) is 24.3 Å². The Morgan fingerprint density at radius 3 is 2.63 bits per heavy atom. The van der Waals surface area contributed by atoms with Crippen LogP contribution in [0.4, 0.5) is 0 Å². The van der Waals surface area contributed by atoms with Crippen LogP contribution in [0.5, 0.6) is 0 Å². The van der Waals surface area contributed by atoms with E-state index in [9.17, 15) is 4.79 Å². The Hall–Kier alpha value is -2.32. The van der Waals surface area contributed by atoms with Gasteiger partial charge in [-0.3, -0.25) is 8.77 Å². The molecule has 4 aromatic rings. The number of hydrogen-bond donors (Lipinski definition) is 1. The van der Waals surface area contributed by atoms with Crippen LogP contribution in [0.15, 0.2) is 59.6 Å². The highest BCUT2D eigenvalue weighted by molar-refractivity contribution is 7.98. The van der Waals surface area contributed by atoms with E-state index in [0.29, 0.717) is 24.1 Å². The smallest absolute Gasteiger partial charge is 0.280 e. The fraction of sp³-hybridized carbons (Fsp3) is 0.400. The molecule has 2 aliphatic rings. The molecule has 0 bridgehead atoms. The topological polar surface area (TPSA) is 56.1 Å². The van der Waals surface area contributed by atoms with Crippen molar-refractivity contribution in [2.24, 2.45) is 5.92 Å². The Balaban J connectivity index is 1.38. The second-order valence-corrected chi connectivity index (χ2v) is 12.7. The maximum atomic E-state index is 13.3. The van der Waals surface area contributed by atoms with E-state index < -0.39 is 0 Å². The van der Waals surface area contributed by atoms with Crippen molar-refractivity contribution in [3.05, 3.63) is 70.5 Å². The van der Waals surface area contributed by atoms with E-state index in [0.717, 1.165) is 56.2 Å². The zero-order chi connectivity index (χ0) is 25.9. The summed E-state index contributed by atoms with van der Waals surface area (Å²) in [6.45, 7) is 1.40. The van der Waals surface area contributed by atoms with Crippen LogP contribution in [0.3, 0.4) is 0 Å². The summed E-state index contributed by atoms with van der Waals surface area (Å²) >= 11 is 9.65. The lowest BCUT2D eigenvalue weighted by Crippen LogP contribution is -2.38. The van der Waals surface area contributed by atoms with Gasteiger partial charge in [-0.1, -0.05) is 74.0 Å². The van der Waals surface area contributed by atoms with Gasteiger partial charge in [0.15, 0.2) is 5.01 Å². The zero-order valence-electron chi connectivity index (χ0n) is 21.3. The van der Waals surface area contributed by atoms with Crippen LogP contribution in [0.25, 0.3) is 21.3 Å². The molecule has 6 rings (SSSR count). The first-order valence-corrected chi connectivity index (χ1v) is 15.5. The molecular formula is C30H32ClN3O2S2. The first-order chi connectivity index (χ1) is 18.7. The van der Waals surface area contributed by atoms with E-state index >= 15 is 0 Å². The van der Waals surface area contributed by atoms with Gasteiger partial charge >= 0.3 is 0 Å². The lowest BCUT2D eigenvalue weighted by Gasteiger charge is -2.22. The minimum atomic E-state index is -0.0628. The monoisotopic (exact) mass is 565 g/mol. The quantitative estimate of drug-likeness (QED) is 0.246. The van der Waals surface area contributed by atoms with Crippen molar-refractivity contribution in [1.82, 2.24) is 14.3 Å². The summed E-state index contributed by atoms with van der Waals surface area (Å²) in [6, 6.07) is 16.5. The fourth-order valence-corrected chi connectivity index (χ4v) is 7.76. The highest BCUT2D eigenvalue weighted by atomic mass is 35.5. The summed E-state index contributed by atoms with van der Waals surface area (Å²) in [5, 5.41) is 5.68. The number of nitrogens with one attached hydrogen (secondary N) is 1. The third-order valence-corrected chi connectivity index (χ3v) is 10.2. The maximum Gasteiger partial charge on any atom is 0.280 e. The molecule has 0 unspecified atom stereocenters. The van der Waals surface area contributed by atoms with Gasteiger partial charge in [-0.15, -0.1) is 11.3 Å². The van der Waals surface area contributed by atoms with E-state index in [1.165, 1.54) is 43.4 Å². The predicted molar refractivity (Wildman–Crippen MR) is 157 cm³/mol. The molecule has 8 heteroatoms. The molecule has 5 nitrogen and oxygen atoms in total. The fourth-order valence-electron chi connectivity index (χ4n) is 5.58. The lowest BCUT2D eigenvalue weighted by atomic mass is 9.85. The molecule has 198 valence electrons. The van der Waals surface area contributed by atoms with Crippen LogP contribution in [0.2, 0.25) is 5.02 Å². The largest absolute Gasteiger partial charge is 0.381 e. The second kappa shape index (κ2) is 11.8. The summed E-state index contributed by atoms with van der Waals surface area (Å²) in [5.41, 5.74) is 3.32. The van der Waals surface area contributed by atoms with Crippen molar-refractivity contribution in [2.75, 3.05) is 13.2 Å². The van der Waals surface area contributed by atoms with Crippen molar-refractivity contribution in [1.29, 1.82) is 0 Å². The Bertz CT molecular complexity index is 1420. The van der Waals surface area contributed by atoms with Gasteiger partial charge in [-0.2, -0.15) is 0 Å². The molecule has 1 saturated heterocycles. The van der Waals surface area contributed by atoms with Crippen LogP contribution < -0.4 is 5.32 Å². The molecule has 0 atom stereocenters. The molecule has 2 aromatic heterocycles. The molecule has 1 aliphatic heterocycles. The molecule has 2 fully saturated rings. The molecule has 0 spiro atoms. The van der Waals surface area contributed by atoms with Crippen LogP contribution in [-0.4, -0.2) is 34.1 Å². The molecular weight excluding hydrogens is 534 g/mol. The summed E-state index contributed by atoms with van der Waals surface area (Å²) in [6.07, 6.45) is 11.2. The number of para-hydroxylation sites is 1. The van der Waals surface area contributed by atoms with Crippen LogP contribution in [0, 0.1) is 5.92 Å². The number of ether oxygens (including phenoxy) is 1. The van der Waals surface area contributed by atoms with Gasteiger partial charge < -0.3 is 10.1 Å². The van der Waals surface area contributed by atoms with Gasteiger partial charge in [0.1, 0.15) is 0 Å². The number of halogens is 1. The van der Waals surface area contributed by atoms with Gasteiger partial charge in [-0.05, 0) is 55.3 Å². The molecule has 1 saturated carbocycles. The Kier molecular flexibility index (Phi) is 8.07. The highest BCUT2D eigenvalue weighted by Gasteiger charge is 2.26. The van der Waals surface area contributed by atoms with E-state index in [4.69, 9.17) is 21.3 Å². The Morgan fingerprint density at radius 1 is 1.05 bits per heavy atom. The van der Waals surface area contributed by atoms with E-state index in [2.05, 4.69) is 39.8 Å². The minimum absolute atomic E-state index is 0.0628. The number of amides is 1. The molecule has 1 N–H and O–H groups in total. The number of hydrogen-bond acceptors (Lipinski definition) is 5. The van der Waals surface area contributed by atoms with Crippen molar-refractivity contribution < 1.29 is 9.53 Å². The number of nitrogens with zero attached hydrogens (tertiary/aromatic N) is 2. The maximum absolute atomic E-state index is 13.3. The van der Waals surface area contributed by atoms with Crippen molar-refractivity contribution in [3.8, 4) is 10.4 Å². The molecule has 3 heterocycles. The number of carbonyl (C=O) groups excluding carboxylic acids is 1. The average molecular weight is 566 g/mol. The van der Waals surface area contributed by atoms with Crippen molar-refractivity contribution in [3.63, 3.8) is 0 Å². The van der Waals surface area contributed by atoms with Gasteiger partial charge in [0, 0.05) is 41.3 Å². The van der Waals surface area contributed by atoms with E-state index in [-0.39, 0.29) is 11.9 Å². The molecule has 38 heavy (non-hydrogen) atoms. The highest BCUT2D eigenvalue weighted by Crippen LogP contribution is 2.41. The van der Waals surface area contributed by atoms with Crippen molar-refractivity contribution >= 4 is 51.7 Å². The zero-order valence-corrected chi connectivity index (χ0v) is 23.7. The van der Waals surface area contributed by atoms with Crippen LogP contribution in [-0.2, 0) is 11.2 Å². The first kappa shape index (κ1) is 25.9. The van der Waals surface area contributed by atoms with Crippen molar-refractivity contribution in [2.45, 2.75) is 62.3 Å². The Morgan fingerprint density at radius 2 is 1.82 bits per heavy atom. The summed E-state index contributed by atoms with van der Waals surface area (Å²) < 4.78 is 7.66. The standard InChI is InChI=1S/C30H32ClN3O2S2/c31-24-11-5-7-13-27(24)38-34-19-23(22-10-4-6-12-26(22)34)28-25(18-20-8-2-1-3-9-20)33-30(37-28)29(35)32-21-14-16-36-17-15-21/h4-7,10-13,19-21H,1-3,8-9,14-18H2,(H,32,35). The third-order valence-electron chi connectivity index (χ3n) is 7.61. The molecule has 2 aromatic carbocycles. The third kappa shape index (κ3) is 5.67. The molecule has 1 aliphatic carbocycles. The Labute approximate surface area is 237 Å². The van der Waals surface area contributed by atoms with Crippen LogP contribution in [0.1, 0.15) is 60.4 Å². The van der Waals surface area contributed by atoms with Gasteiger partial charge in [0.05, 0.1) is 21.1 Å². The number of aromatic nitrogens is 2. The number of rotatable bonds is 7. The van der Waals surface area contributed by atoms with E-state index in [1.54, 1.807) is 11.9 Å². The number of carbonyl (C=O) groups is 1. The molecule has 0 radical (unpaired) electrons. The van der Waals surface area contributed by atoms with Crippen LogP contribution >= 0.6 is 34.9 Å². The first-order valence-electron chi connectivity index (χ1n) is 13.6. The normalized spacial score (nSPS) is 17.2. The summed E-state index contributed by atoms with van der Waals surface area (Å²) in [4.78, 5) is 20.4. The van der Waals surface area contributed by atoms with Gasteiger partial charge in [0.2, 0.25) is 0 Å². The lowest BCUT2D eigenvalue weighted by molar-refractivity contribution is 0.0696. The second-order valence-electron chi connectivity index (χ2n) is 10.3. The van der Waals surface area contributed by atoms with Gasteiger partial charge in [0.25, 0.3) is 5.91 Å². The predicted octanol–water partition coefficient (Wildman–Crippen LogP) is 8.01. The van der Waals surface area contributed by atoms with Gasteiger partial charge in [-0.25, -0.2) is 4.98 Å². The average Bonchev–Trinajstić information content (AvgIpc) is 3.53.